The maximum absolute atomic E-state index is 12.0. The molecule has 0 spiro atoms. The molecule has 6 heteroatoms. The van der Waals surface area contributed by atoms with Gasteiger partial charge in [-0.05, 0) is 23.1 Å². The fraction of sp³-hybridized carbons (Fsp3) is 0.312. The molecule has 0 saturated heterocycles. The zero-order valence-electron chi connectivity index (χ0n) is 12.7. The predicted molar refractivity (Wildman–Crippen MR) is 86.5 cm³/mol. The van der Waals surface area contributed by atoms with Gasteiger partial charge in [-0.2, -0.15) is 0 Å². The third kappa shape index (κ3) is 4.14. The summed E-state index contributed by atoms with van der Waals surface area (Å²) in [6.45, 7) is 6.29. The minimum absolute atomic E-state index is 0.0136. The molecule has 2 rings (SSSR count). The maximum atomic E-state index is 12.0. The fourth-order valence-electron chi connectivity index (χ4n) is 1.84. The molecule has 0 atom stereocenters. The lowest BCUT2D eigenvalue weighted by Gasteiger charge is -2.18. The highest BCUT2D eigenvalue weighted by atomic mass is 32.1. The number of hydrogen-bond donors (Lipinski definition) is 2. The number of hydrogen-bond acceptors (Lipinski definition) is 4. The topological polar surface area (TPSA) is 79.3 Å². The highest BCUT2D eigenvalue weighted by Gasteiger charge is 2.14. The van der Waals surface area contributed by atoms with Crippen LogP contribution in [0.1, 0.15) is 41.6 Å². The van der Waals surface area contributed by atoms with Gasteiger partial charge in [0.2, 0.25) is 5.91 Å². The van der Waals surface area contributed by atoms with Crippen molar-refractivity contribution in [2.75, 3.05) is 5.32 Å². The number of carboxylic acids is 1. The van der Waals surface area contributed by atoms with Gasteiger partial charge in [0, 0.05) is 16.5 Å². The van der Waals surface area contributed by atoms with Gasteiger partial charge in [-0.15, -0.1) is 11.3 Å². The first kappa shape index (κ1) is 16.2. The van der Waals surface area contributed by atoms with E-state index in [9.17, 15) is 9.59 Å². The molecule has 0 aliphatic carbocycles. The van der Waals surface area contributed by atoms with E-state index < -0.39 is 5.97 Å². The van der Waals surface area contributed by atoms with E-state index in [4.69, 9.17) is 5.11 Å². The molecule has 22 heavy (non-hydrogen) atoms. The number of carbonyl (C=O) groups excluding carboxylic acids is 1. The molecule has 2 N–H and O–H groups in total. The molecule has 0 saturated carbocycles. The van der Waals surface area contributed by atoms with E-state index >= 15 is 0 Å². The van der Waals surface area contributed by atoms with Gasteiger partial charge in [0.1, 0.15) is 5.82 Å². The Hall–Kier alpha value is -2.21. The Labute approximate surface area is 133 Å². The van der Waals surface area contributed by atoms with E-state index in [1.807, 2.05) is 6.07 Å². The van der Waals surface area contributed by atoms with E-state index in [-0.39, 0.29) is 23.3 Å². The molecular weight excluding hydrogens is 300 g/mol. The summed E-state index contributed by atoms with van der Waals surface area (Å²) in [6.07, 6.45) is 1.89. The summed E-state index contributed by atoms with van der Waals surface area (Å²) in [6, 6.07) is 5.23. The lowest BCUT2D eigenvalue weighted by Crippen LogP contribution is -2.16. The van der Waals surface area contributed by atoms with Crippen LogP contribution in [0.2, 0.25) is 0 Å². The van der Waals surface area contributed by atoms with Gasteiger partial charge in [-0.3, -0.25) is 4.79 Å². The number of rotatable bonds is 4. The first-order valence-electron chi connectivity index (χ1n) is 6.83. The number of nitrogens with one attached hydrogen (secondary N) is 1. The Balaban J connectivity index is 1.98. The van der Waals surface area contributed by atoms with E-state index in [0.717, 1.165) is 5.56 Å². The van der Waals surface area contributed by atoms with Gasteiger partial charge < -0.3 is 10.4 Å². The van der Waals surface area contributed by atoms with Crippen LogP contribution in [0.4, 0.5) is 5.82 Å². The minimum Gasteiger partial charge on any atom is -0.478 e. The molecule has 0 unspecified atom stereocenters. The van der Waals surface area contributed by atoms with E-state index in [0.29, 0.717) is 10.7 Å². The number of aromatic nitrogens is 1. The second-order valence-corrected chi connectivity index (χ2v) is 7.01. The van der Waals surface area contributed by atoms with Crippen molar-refractivity contribution in [3.8, 4) is 0 Å². The molecule has 0 fully saturated rings. The number of amides is 1. The lowest BCUT2D eigenvalue weighted by molar-refractivity contribution is -0.115. The Bertz CT molecular complexity index is 684. The maximum Gasteiger partial charge on any atom is 0.336 e. The van der Waals surface area contributed by atoms with Crippen LogP contribution in [0.15, 0.2) is 29.8 Å². The van der Waals surface area contributed by atoms with Crippen molar-refractivity contribution in [1.82, 2.24) is 4.98 Å². The summed E-state index contributed by atoms with van der Waals surface area (Å²) in [5, 5.41) is 13.1. The zero-order chi connectivity index (χ0) is 16.3. The smallest absolute Gasteiger partial charge is 0.336 e. The number of aromatic carboxylic acids is 1. The number of carboxylic acid groups (broad SMARTS) is 1. The van der Waals surface area contributed by atoms with Gasteiger partial charge in [-0.25, -0.2) is 9.78 Å². The van der Waals surface area contributed by atoms with Crippen molar-refractivity contribution in [2.45, 2.75) is 32.6 Å². The molecule has 0 radical (unpaired) electrons. The van der Waals surface area contributed by atoms with Crippen LogP contribution in [0.25, 0.3) is 0 Å². The molecule has 2 heterocycles. The van der Waals surface area contributed by atoms with Crippen LogP contribution in [0.5, 0.6) is 0 Å². The molecule has 116 valence electrons. The third-order valence-electron chi connectivity index (χ3n) is 3.13. The summed E-state index contributed by atoms with van der Waals surface area (Å²) in [5.74, 6) is -0.704. The van der Waals surface area contributed by atoms with Crippen LogP contribution >= 0.6 is 11.3 Å². The van der Waals surface area contributed by atoms with Crippen molar-refractivity contribution in [3.63, 3.8) is 0 Å². The summed E-state index contributed by atoms with van der Waals surface area (Å²) < 4.78 is 0. The van der Waals surface area contributed by atoms with E-state index in [1.165, 1.54) is 22.8 Å². The van der Waals surface area contributed by atoms with Crippen molar-refractivity contribution in [1.29, 1.82) is 0 Å². The summed E-state index contributed by atoms with van der Waals surface area (Å²) in [4.78, 5) is 27.7. The van der Waals surface area contributed by atoms with Crippen molar-refractivity contribution in [3.05, 3.63) is 45.8 Å². The number of pyridine rings is 1. The Kier molecular flexibility index (Phi) is 4.61. The van der Waals surface area contributed by atoms with E-state index in [2.05, 4.69) is 31.1 Å². The van der Waals surface area contributed by atoms with Crippen LogP contribution in [-0.2, 0) is 16.6 Å². The Morgan fingerprint density at radius 1 is 1.32 bits per heavy atom. The average molecular weight is 318 g/mol. The quantitative estimate of drug-likeness (QED) is 0.906. The highest BCUT2D eigenvalue weighted by Crippen LogP contribution is 2.22. The highest BCUT2D eigenvalue weighted by molar-refractivity contribution is 7.10. The predicted octanol–water partition coefficient (Wildman–Crippen LogP) is 3.32. The zero-order valence-corrected chi connectivity index (χ0v) is 13.5. The molecular formula is C16H18N2O3S. The molecule has 2 aromatic heterocycles. The fourth-order valence-corrected chi connectivity index (χ4v) is 2.70. The second-order valence-electron chi connectivity index (χ2n) is 6.01. The molecule has 5 nitrogen and oxygen atoms in total. The van der Waals surface area contributed by atoms with Crippen molar-refractivity contribution in [2.24, 2.45) is 0 Å². The number of carbonyl (C=O) groups is 2. The van der Waals surface area contributed by atoms with Crippen LogP contribution in [0, 0.1) is 0 Å². The Morgan fingerprint density at radius 3 is 2.55 bits per heavy atom. The van der Waals surface area contributed by atoms with Gasteiger partial charge in [0.05, 0.1) is 12.0 Å². The first-order chi connectivity index (χ1) is 10.3. The van der Waals surface area contributed by atoms with Crippen molar-refractivity contribution >= 4 is 29.0 Å². The molecule has 0 aromatic carbocycles. The Morgan fingerprint density at radius 2 is 2.05 bits per heavy atom. The van der Waals surface area contributed by atoms with Crippen LogP contribution in [0.3, 0.4) is 0 Å². The van der Waals surface area contributed by atoms with Crippen LogP contribution in [-0.4, -0.2) is 22.0 Å². The SMILES string of the molecule is CC(C)(C)c1ccc(NC(=O)Cc2cc(C(=O)O)cs2)nc1. The number of anilines is 1. The average Bonchev–Trinajstić information content (AvgIpc) is 2.86. The molecule has 0 aliphatic heterocycles. The van der Waals surface area contributed by atoms with Gasteiger partial charge >= 0.3 is 5.97 Å². The minimum atomic E-state index is -0.984. The van der Waals surface area contributed by atoms with Gasteiger partial charge in [0.25, 0.3) is 0 Å². The standard InChI is InChI=1S/C16H18N2O3S/c1-16(2,3)11-4-5-13(17-8-11)18-14(19)7-12-6-10(9-22-12)15(20)21/h4-6,8-9H,7H2,1-3H3,(H,20,21)(H,17,18,19). The van der Waals surface area contributed by atoms with Crippen molar-refractivity contribution < 1.29 is 14.7 Å². The van der Waals surface area contributed by atoms with Gasteiger partial charge in [0.15, 0.2) is 0 Å². The second kappa shape index (κ2) is 6.27. The molecule has 1 amide bonds. The third-order valence-corrected chi connectivity index (χ3v) is 4.07. The molecule has 0 bridgehead atoms. The molecule has 2 aromatic rings. The monoisotopic (exact) mass is 318 g/mol. The summed E-state index contributed by atoms with van der Waals surface area (Å²) in [7, 11) is 0. The molecule has 0 aliphatic rings. The lowest BCUT2D eigenvalue weighted by atomic mass is 9.88. The largest absolute Gasteiger partial charge is 0.478 e. The summed E-state index contributed by atoms with van der Waals surface area (Å²) in [5.41, 5.74) is 1.31. The van der Waals surface area contributed by atoms with E-state index in [1.54, 1.807) is 12.3 Å². The summed E-state index contributed by atoms with van der Waals surface area (Å²) >= 11 is 1.26. The van der Waals surface area contributed by atoms with Gasteiger partial charge in [-0.1, -0.05) is 26.8 Å². The first-order valence-corrected chi connectivity index (χ1v) is 7.71. The number of thiophene rings is 1. The number of nitrogens with zero attached hydrogens (tertiary/aromatic N) is 1. The normalized spacial score (nSPS) is 11.2. The van der Waals surface area contributed by atoms with Crippen LogP contribution < -0.4 is 5.32 Å².